The highest BCUT2D eigenvalue weighted by molar-refractivity contribution is 7.15. The average Bonchev–Trinajstić information content (AvgIpc) is 2.78. The van der Waals surface area contributed by atoms with Gasteiger partial charge in [0.2, 0.25) is 0 Å². The number of thiazole rings is 1. The summed E-state index contributed by atoms with van der Waals surface area (Å²) in [6.45, 7) is 2.69. The summed E-state index contributed by atoms with van der Waals surface area (Å²) in [5.74, 6) is 0. The molecule has 0 amide bonds. The monoisotopic (exact) mass is 218 g/mol. The van der Waals surface area contributed by atoms with Crippen molar-refractivity contribution in [2.45, 2.75) is 19.9 Å². The van der Waals surface area contributed by atoms with Crippen molar-refractivity contribution in [1.82, 2.24) is 4.98 Å². The molecule has 2 rings (SSSR count). The number of rotatable bonds is 3. The van der Waals surface area contributed by atoms with E-state index in [-0.39, 0.29) is 0 Å². The Kier molecular flexibility index (Phi) is 3.14. The molecule has 1 aromatic heterocycles. The molecule has 0 unspecified atom stereocenters. The SMILES string of the molecule is CCc1ccc(-c2cnc(CN)s2)cc1. The molecular formula is C12H14N2S. The van der Waals surface area contributed by atoms with Crippen LogP contribution < -0.4 is 5.73 Å². The molecule has 78 valence electrons. The maximum absolute atomic E-state index is 5.53. The number of benzene rings is 1. The minimum Gasteiger partial charge on any atom is -0.325 e. The van der Waals surface area contributed by atoms with Crippen LogP contribution >= 0.6 is 11.3 Å². The third-order valence-corrected chi connectivity index (χ3v) is 3.44. The molecule has 0 aliphatic rings. The maximum Gasteiger partial charge on any atom is 0.107 e. The van der Waals surface area contributed by atoms with Crippen molar-refractivity contribution < 1.29 is 0 Å². The molecule has 1 heterocycles. The molecule has 2 aromatic rings. The Bertz CT molecular complexity index is 431. The summed E-state index contributed by atoms with van der Waals surface area (Å²) in [6, 6.07) is 8.62. The topological polar surface area (TPSA) is 38.9 Å². The third-order valence-electron chi connectivity index (χ3n) is 2.37. The van der Waals surface area contributed by atoms with Crippen molar-refractivity contribution in [2.75, 3.05) is 0 Å². The van der Waals surface area contributed by atoms with Gasteiger partial charge in [-0.1, -0.05) is 31.2 Å². The van der Waals surface area contributed by atoms with E-state index in [1.807, 2.05) is 6.20 Å². The molecule has 0 spiro atoms. The number of nitrogens with zero attached hydrogens (tertiary/aromatic N) is 1. The van der Waals surface area contributed by atoms with E-state index >= 15 is 0 Å². The van der Waals surface area contributed by atoms with Gasteiger partial charge in [0.05, 0.1) is 4.88 Å². The van der Waals surface area contributed by atoms with Crippen molar-refractivity contribution in [3.05, 3.63) is 41.0 Å². The highest BCUT2D eigenvalue weighted by Crippen LogP contribution is 2.26. The second kappa shape index (κ2) is 4.55. The van der Waals surface area contributed by atoms with Crippen LogP contribution in [-0.4, -0.2) is 4.98 Å². The third kappa shape index (κ3) is 2.25. The summed E-state index contributed by atoms with van der Waals surface area (Å²) in [6.07, 6.45) is 2.98. The minimum absolute atomic E-state index is 0.526. The van der Waals surface area contributed by atoms with Gasteiger partial charge in [0.1, 0.15) is 5.01 Å². The first-order valence-electron chi connectivity index (χ1n) is 5.07. The number of nitrogens with two attached hydrogens (primary N) is 1. The van der Waals surface area contributed by atoms with Crippen molar-refractivity contribution in [3.63, 3.8) is 0 Å². The van der Waals surface area contributed by atoms with Crippen molar-refractivity contribution in [2.24, 2.45) is 5.73 Å². The lowest BCUT2D eigenvalue weighted by Gasteiger charge is -1.98. The zero-order chi connectivity index (χ0) is 10.7. The molecular weight excluding hydrogens is 204 g/mol. The average molecular weight is 218 g/mol. The van der Waals surface area contributed by atoms with E-state index in [1.165, 1.54) is 16.0 Å². The highest BCUT2D eigenvalue weighted by Gasteiger charge is 2.02. The van der Waals surface area contributed by atoms with E-state index in [2.05, 4.69) is 36.2 Å². The van der Waals surface area contributed by atoms with E-state index in [0.717, 1.165) is 11.4 Å². The fourth-order valence-corrected chi connectivity index (χ4v) is 2.24. The van der Waals surface area contributed by atoms with Crippen LogP contribution in [0.25, 0.3) is 10.4 Å². The largest absolute Gasteiger partial charge is 0.325 e. The first kappa shape index (κ1) is 10.3. The zero-order valence-electron chi connectivity index (χ0n) is 8.73. The predicted octanol–water partition coefficient (Wildman–Crippen LogP) is 2.83. The summed E-state index contributed by atoms with van der Waals surface area (Å²) >= 11 is 1.66. The minimum atomic E-state index is 0.526. The van der Waals surface area contributed by atoms with Crippen LogP contribution in [0.2, 0.25) is 0 Å². The van der Waals surface area contributed by atoms with Gasteiger partial charge in [0.25, 0.3) is 0 Å². The molecule has 2 N–H and O–H groups in total. The van der Waals surface area contributed by atoms with E-state index in [4.69, 9.17) is 5.73 Å². The highest BCUT2D eigenvalue weighted by atomic mass is 32.1. The standard InChI is InChI=1S/C12H14N2S/c1-2-9-3-5-10(6-4-9)11-8-14-12(7-13)15-11/h3-6,8H,2,7,13H2,1H3. The summed E-state index contributed by atoms with van der Waals surface area (Å²) in [5.41, 5.74) is 8.12. The lowest BCUT2D eigenvalue weighted by atomic mass is 10.1. The Morgan fingerprint density at radius 2 is 2.00 bits per heavy atom. The molecule has 1 aromatic carbocycles. The molecule has 15 heavy (non-hydrogen) atoms. The summed E-state index contributed by atoms with van der Waals surface area (Å²) in [5, 5.41) is 0.990. The molecule has 0 aliphatic carbocycles. The van der Waals surface area contributed by atoms with Gasteiger partial charge < -0.3 is 5.73 Å². The Labute approximate surface area is 93.8 Å². The van der Waals surface area contributed by atoms with Gasteiger partial charge in [0, 0.05) is 12.7 Å². The fourth-order valence-electron chi connectivity index (χ4n) is 1.44. The van der Waals surface area contributed by atoms with Gasteiger partial charge in [0.15, 0.2) is 0 Å². The van der Waals surface area contributed by atoms with Crippen LogP contribution in [0.4, 0.5) is 0 Å². The maximum atomic E-state index is 5.53. The van der Waals surface area contributed by atoms with Gasteiger partial charge in [-0.15, -0.1) is 11.3 Å². The van der Waals surface area contributed by atoms with Crippen molar-refractivity contribution in [1.29, 1.82) is 0 Å². The van der Waals surface area contributed by atoms with E-state index in [0.29, 0.717) is 6.54 Å². The van der Waals surface area contributed by atoms with E-state index in [1.54, 1.807) is 11.3 Å². The molecule has 0 aliphatic heterocycles. The first-order chi connectivity index (χ1) is 7.33. The van der Waals surface area contributed by atoms with Gasteiger partial charge in [-0.05, 0) is 17.5 Å². The smallest absolute Gasteiger partial charge is 0.107 e. The second-order valence-electron chi connectivity index (χ2n) is 3.37. The van der Waals surface area contributed by atoms with Crippen LogP contribution in [0.15, 0.2) is 30.5 Å². The van der Waals surface area contributed by atoms with Crippen LogP contribution in [0.3, 0.4) is 0 Å². The summed E-state index contributed by atoms with van der Waals surface area (Å²) in [7, 11) is 0. The van der Waals surface area contributed by atoms with Gasteiger partial charge >= 0.3 is 0 Å². The Morgan fingerprint density at radius 1 is 1.27 bits per heavy atom. The normalized spacial score (nSPS) is 10.5. The Hall–Kier alpha value is -1.19. The van der Waals surface area contributed by atoms with E-state index in [9.17, 15) is 0 Å². The molecule has 3 heteroatoms. The molecule has 0 saturated heterocycles. The fraction of sp³-hybridized carbons (Fsp3) is 0.250. The lowest BCUT2D eigenvalue weighted by molar-refractivity contribution is 1.04. The van der Waals surface area contributed by atoms with Crippen LogP contribution in [0.1, 0.15) is 17.5 Å². The van der Waals surface area contributed by atoms with Crippen LogP contribution in [-0.2, 0) is 13.0 Å². The van der Waals surface area contributed by atoms with Crippen molar-refractivity contribution >= 4 is 11.3 Å². The van der Waals surface area contributed by atoms with E-state index < -0.39 is 0 Å². The van der Waals surface area contributed by atoms with Crippen molar-refractivity contribution in [3.8, 4) is 10.4 Å². The summed E-state index contributed by atoms with van der Waals surface area (Å²) < 4.78 is 0. The molecule has 2 nitrogen and oxygen atoms in total. The number of hydrogen-bond acceptors (Lipinski definition) is 3. The lowest BCUT2D eigenvalue weighted by Crippen LogP contribution is -1.93. The molecule has 0 radical (unpaired) electrons. The summed E-state index contributed by atoms with van der Waals surface area (Å²) in [4.78, 5) is 5.44. The molecule has 0 atom stereocenters. The molecule has 0 bridgehead atoms. The van der Waals surface area contributed by atoms with Crippen LogP contribution in [0, 0.1) is 0 Å². The first-order valence-corrected chi connectivity index (χ1v) is 5.89. The van der Waals surface area contributed by atoms with Crippen LogP contribution in [0.5, 0.6) is 0 Å². The second-order valence-corrected chi connectivity index (χ2v) is 4.49. The quantitative estimate of drug-likeness (QED) is 0.860. The zero-order valence-corrected chi connectivity index (χ0v) is 9.55. The van der Waals surface area contributed by atoms with Gasteiger partial charge in [-0.3, -0.25) is 0 Å². The Balaban J connectivity index is 2.28. The predicted molar refractivity (Wildman–Crippen MR) is 64.8 cm³/mol. The number of aromatic nitrogens is 1. The molecule has 0 fully saturated rings. The number of hydrogen-bond donors (Lipinski definition) is 1. The van der Waals surface area contributed by atoms with Gasteiger partial charge in [-0.2, -0.15) is 0 Å². The Morgan fingerprint density at radius 3 is 2.53 bits per heavy atom. The molecule has 0 saturated carbocycles. The number of aryl methyl sites for hydroxylation is 1. The van der Waals surface area contributed by atoms with Gasteiger partial charge in [-0.25, -0.2) is 4.98 Å².